The molecular formula is C24H21N3O2. The van der Waals surface area contributed by atoms with Crippen LogP contribution in [0.1, 0.15) is 24.6 Å². The van der Waals surface area contributed by atoms with Gasteiger partial charge in [0.25, 0.3) is 0 Å². The Bertz CT molecular complexity index is 1130. The van der Waals surface area contributed by atoms with Crippen LogP contribution in [0.2, 0.25) is 0 Å². The van der Waals surface area contributed by atoms with Crippen LogP contribution in [0.4, 0.5) is 5.69 Å². The summed E-state index contributed by atoms with van der Waals surface area (Å²) >= 11 is 0. The van der Waals surface area contributed by atoms with E-state index >= 15 is 0 Å². The molecule has 29 heavy (non-hydrogen) atoms. The second-order valence-corrected chi connectivity index (χ2v) is 8.22. The zero-order valence-electron chi connectivity index (χ0n) is 15.9. The molecule has 0 saturated carbocycles. The van der Waals surface area contributed by atoms with E-state index in [9.17, 15) is 9.59 Å². The number of imide groups is 1. The third kappa shape index (κ3) is 2.34. The first-order chi connectivity index (χ1) is 14.2. The first-order valence-corrected chi connectivity index (χ1v) is 10.3. The topological polar surface area (TPSA) is 53.5 Å². The Labute approximate surface area is 168 Å². The van der Waals surface area contributed by atoms with E-state index in [1.165, 1.54) is 4.90 Å². The van der Waals surface area contributed by atoms with Gasteiger partial charge < -0.3 is 0 Å². The number of benzene rings is 2. The molecule has 2 amide bonds. The summed E-state index contributed by atoms with van der Waals surface area (Å²) in [5.74, 6) is -0.767. The summed E-state index contributed by atoms with van der Waals surface area (Å²) in [7, 11) is 0. The molecule has 0 spiro atoms. The maximum atomic E-state index is 13.5. The summed E-state index contributed by atoms with van der Waals surface area (Å²) in [6.45, 7) is 0.919. The molecule has 0 radical (unpaired) electrons. The Hall–Kier alpha value is -3.05. The van der Waals surface area contributed by atoms with E-state index in [-0.39, 0.29) is 35.7 Å². The number of fused-ring (bicyclic) bond motifs is 4. The zero-order chi connectivity index (χ0) is 19.5. The maximum absolute atomic E-state index is 13.5. The zero-order valence-corrected chi connectivity index (χ0v) is 15.9. The smallest absolute Gasteiger partial charge is 0.239 e. The van der Waals surface area contributed by atoms with Crippen LogP contribution >= 0.6 is 0 Å². The number of para-hydroxylation sites is 2. The van der Waals surface area contributed by atoms with E-state index in [4.69, 9.17) is 4.98 Å². The lowest BCUT2D eigenvalue weighted by atomic mass is 9.86. The van der Waals surface area contributed by atoms with Crippen LogP contribution in [-0.2, 0) is 9.59 Å². The average molecular weight is 383 g/mol. The van der Waals surface area contributed by atoms with Crippen LogP contribution in [0.5, 0.6) is 0 Å². The van der Waals surface area contributed by atoms with Crippen molar-refractivity contribution in [3.8, 4) is 0 Å². The predicted molar refractivity (Wildman–Crippen MR) is 110 cm³/mol. The molecule has 3 aliphatic rings. The van der Waals surface area contributed by atoms with Gasteiger partial charge in [-0.3, -0.25) is 19.5 Å². The molecule has 1 aromatic heterocycles. The molecule has 144 valence electrons. The van der Waals surface area contributed by atoms with E-state index in [2.05, 4.69) is 11.0 Å². The molecule has 3 aromatic rings. The quantitative estimate of drug-likeness (QED) is 0.635. The van der Waals surface area contributed by atoms with Gasteiger partial charge in [-0.1, -0.05) is 42.5 Å². The monoisotopic (exact) mass is 383 g/mol. The first kappa shape index (κ1) is 16.9. The van der Waals surface area contributed by atoms with Crippen LogP contribution in [0.25, 0.3) is 10.9 Å². The Balaban J connectivity index is 1.46. The molecule has 4 heterocycles. The average Bonchev–Trinajstić information content (AvgIpc) is 3.40. The van der Waals surface area contributed by atoms with E-state index in [0.717, 1.165) is 36.0 Å². The van der Waals surface area contributed by atoms with Crippen molar-refractivity contribution >= 4 is 28.4 Å². The third-order valence-corrected chi connectivity index (χ3v) is 6.79. The summed E-state index contributed by atoms with van der Waals surface area (Å²) in [5.41, 5.74) is 2.51. The molecule has 4 atom stereocenters. The molecule has 0 N–H and O–H groups in total. The van der Waals surface area contributed by atoms with Crippen molar-refractivity contribution in [1.82, 2.24) is 9.88 Å². The fraction of sp³-hybridized carbons (Fsp3) is 0.292. The summed E-state index contributed by atoms with van der Waals surface area (Å²) < 4.78 is 0. The summed E-state index contributed by atoms with van der Waals surface area (Å²) in [4.78, 5) is 35.6. The van der Waals surface area contributed by atoms with Gasteiger partial charge >= 0.3 is 0 Å². The van der Waals surface area contributed by atoms with Crippen LogP contribution < -0.4 is 4.90 Å². The van der Waals surface area contributed by atoms with Gasteiger partial charge in [0.15, 0.2) is 0 Å². The number of amides is 2. The number of anilines is 1. The van der Waals surface area contributed by atoms with Crippen molar-refractivity contribution in [2.45, 2.75) is 24.9 Å². The summed E-state index contributed by atoms with van der Waals surface area (Å²) in [5, 5.41) is 1.09. The largest absolute Gasteiger partial charge is 0.290 e. The Morgan fingerprint density at radius 2 is 1.59 bits per heavy atom. The van der Waals surface area contributed by atoms with E-state index < -0.39 is 0 Å². The number of rotatable bonds is 2. The highest BCUT2D eigenvalue weighted by atomic mass is 16.2. The molecule has 0 aliphatic carbocycles. The number of nitrogens with zero attached hydrogens (tertiary/aromatic N) is 3. The lowest BCUT2D eigenvalue weighted by Crippen LogP contribution is -2.39. The lowest BCUT2D eigenvalue weighted by molar-refractivity contribution is -0.123. The van der Waals surface area contributed by atoms with Crippen molar-refractivity contribution in [3.05, 3.63) is 72.4 Å². The van der Waals surface area contributed by atoms with Crippen molar-refractivity contribution < 1.29 is 9.59 Å². The van der Waals surface area contributed by atoms with Gasteiger partial charge in [-0.25, -0.2) is 4.90 Å². The van der Waals surface area contributed by atoms with Gasteiger partial charge in [-0.15, -0.1) is 0 Å². The van der Waals surface area contributed by atoms with Crippen molar-refractivity contribution in [1.29, 1.82) is 0 Å². The molecule has 3 fully saturated rings. The Kier molecular flexibility index (Phi) is 3.62. The first-order valence-electron chi connectivity index (χ1n) is 10.3. The number of hydrogen-bond donors (Lipinski definition) is 0. The van der Waals surface area contributed by atoms with E-state index in [1.807, 2.05) is 60.7 Å². The molecule has 5 nitrogen and oxygen atoms in total. The maximum Gasteiger partial charge on any atom is 0.239 e. The Morgan fingerprint density at radius 1 is 0.828 bits per heavy atom. The standard InChI is InChI=1S/C24H21N3O2/c28-23-20-19-11-6-14-26(19)22(18-13-12-15-7-4-5-10-17(15)25-18)21(20)24(29)27(23)16-8-2-1-3-9-16/h1-5,7-10,12-13,19-22H,6,11,14H2/t19-,20-,21+,22+/m0/s1. The van der Waals surface area contributed by atoms with E-state index in [1.54, 1.807) is 0 Å². The molecule has 6 rings (SSSR count). The van der Waals surface area contributed by atoms with Crippen LogP contribution in [0.15, 0.2) is 66.7 Å². The fourth-order valence-corrected chi connectivity index (χ4v) is 5.63. The van der Waals surface area contributed by atoms with Gasteiger partial charge in [-0.2, -0.15) is 0 Å². The van der Waals surface area contributed by atoms with E-state index in [0.29, 0.717) is 5.69 Å². The molecule has 0 bridgehead atoms. The highest BCUT2D eigenvalue weighted by Gasteiger charge is 2.63. The SMILES string of the molecule is O=C1[C@@H]2[C@@H](C(=O)N1c1ccccc1)[C@@H]1CCCN1[C@@H]2c1ccc2ccccc2n1. The van der Waals surface area contributed by atoms with Gasteiger partial charge in [0.05, 0.1) is 34.8 Å². The van der Waals surface area contributed by atoms with Gasteiger partial charge in [0.2, 0.25) is 11.8 Å². The van der Waals surface area contributed by atoms with Crippen molar-refractivity contribution in [2.24, 2.45) is 11.8 Å². The minimum atomic E-state index is -0.360. The van der Waals surface area contributed by atoms with Crippen molar-refractivity contribution in [3.63, 3.8) is 0 Å². The third-order valence-electron chi connectivity index (χ3n) is 6.79. The Morgan fingerprint density at radius 3 is 2.45 bits per heavy atom. The van der Waals surface area contributed by atoms with Gasteiger partial charge in [-0.05, 0) is 43.7 Å². The second kappa shape index (κ2) is 6.22. The molecule has 3 aliphatic heterocycles. The van der Waals surface area contributed by atoms with Crippen LogP contribution in [0, 0.1) is 11.8 Å². The molecule has 3 saturated heterocycles. The minimum Gasteiger partial charge on any atom is -0.290 e. The fourth-order valence-electron chi connectivity index (χ4n) is 5.63. The molecule has 0 unspecified atom stereocenters. The number of pyridine rings is 1. The number of aromatic nitrogens is 1. The van der Waals surface area contributed by atoms with Crippen LogP contribution in [0.3, 0.4) is 0 Å². The molecular weight excluding hydrogens is 362 g/mol. The number of carbonyl (C=O) groups excluding carboxylic acids is 2. The highest BCUT2D eigenvalue weighted by Crippen LogP contribution is 2.53. The van der Waals surface area contributed by atoms with Crippen molar-refractivity contribution in [2.75, 3.05) is 11.4 Å². The molecule has 5 heteroatoms. The number of carbonyl (C=O) groups is 2. The summed E-state index contributed by atoms with van der Waals surface area (Å²) in [6, 6.07) is 21.5. The van der Waals surface area contributed by atoms with Gasteiger partial charge in [0, 0.05) is 11.4 Å². The van der Waals surface area contributed by atoms with Crippen LogP contribution in [-0.4, -0.2) is 34.3 Å². The number of hydrogen-bond acceptors (Lipinski definition) is 4. The van der Waals surface area contributed by atoms with Gasteiger partial charge in [0.1, 0.15) is 0 Å². The summed E-state index contributed by atoms with van der Waals surface area (Å²) in [6.07, 6.45) is 2.03. The minimum absolute atomic E-state index is 0.0496. The highest BCUT2D eigenvalue weighted by molar-refractivity contribution is 6.22. The normalized spacial score (nSPS) is 28.9. The molecule has 2 aromatic carbocycles. The lowest BCUT2D eigenvalue weighted by Gasteiger charge is -2.28. The predicted octanol–water partition coefficient (Wildman–Crippen LogP) is 3.56. The second-order valence-electron chi connectivity index (χ2n) is 8.22.